The fourth-order valence-electron chi connectivity index (χ4n) is 3.38. The summed E-state index contributed by atoms with van der Waals surface area (Å²) in [7, 11) is 0. The molecule has 1 aliphatic rings. The first-order chi connectivity index (χ1) is 13.0. The molecule has 1 amide bonds. The highest BCUT2D eigenvalue weighted by Crippen LogP contribution is 2.16. The Labute approximate surface area is 161 Å². The maximum atomic E-state index is 13.1. The van der Waals surface area contributed by atoms with Crippen molar-refractivity contribution in [1.82, 2.24) is 19.4 Å². The fourth-order valence-corrected chi connectivity index (χ4v) is 3.38. The van der Waals surface area contributed by atoms with E-state index in [4.69, 9.17) is 4.74 Å². The summed E-state index contributed by atoms with van der Waals surface area (Å²) in [6.45, 7) is 11.8. The SMILES string of the molecule is Cc1nccn1Cc1ccccc1C(=O)N1CCN(CCOC(C)C)CC1. The van der Waals surface area contributed by atoms with Crippen LogP contribution >= 0.6 is 0 Å². The molecule has 27 heavy (non-hydrogen) atoms. The van der Waals surface area contributed by atoms with Crippen LogP contribution < -0.4 is 0 Å². The van der Waals surface area contributed by atoms with Crippen molar-refractivity contribution in [2.45, 2.75) is 33.4 Å². The number of carbonyl (C=O) groups excluding carboxylic acids is 1. The first kappa shape index (κ1) is 19.6. The van der Waals surface area contributed by atoms with Crippen molar-refractivity contribution in [3.63, 3.8) is 0 Å². The van der Waals surface area contributed by atoms with Gasteiger partial charge in [0.1, 0.15) is 5.82 Å². The van der Waals surface area contributed by atoms with Crippen LogP contribution in [0.4, 0.5) is 0 Å². The van der Waals surface area contributed by atoms with Gasteiger partial charge in [-0.15, -0.1) is 0 Å². The molecule has 0 bridgehead atoms. The van der Waals surface area contributed by atoms with E-state index in [1.54, 1.807) is 6.20 Å². The Morgan fingerprint density at radius 2 is 1.93 bits per heavy atom. The van der Waals surface area contributed by atoms with Gasteiger partial charge in [-0.1, -0.05) is 18.2 Å². The third-order valence-corrected chi connectivity index (χ3v) is 5.03. The molecule has 146 valence electrons. The Kier molecular flexibility index (Phi) is 6.63. The number of ether oxygens (including phenoxy) is 1. The van der Waals surface area contributed by atoms with Crippen molar-refractivity contribution in [3.8, 4) is 0 Å². The van der Waals surface area contributed by atoms with Crippen LogP contribution in [0.1, 0.15) is 35.6 Å². The fraction of sp³-hybridized carbons (Fsp3) is 0.524. The van der Waals surface area contributed by atoms with Gasteiger partial charge in [0.05, 0.1) is 12.7 Å². The van der Waals surface area contributed by atoms with Gasteiger partial charge in [-0.2, -0.15) is 0 Å². The number of imidazole rings is 1. The van der Waals surface area contributed by atoms with Crippen LogP contribution in [0.3, 0.4) is 0 Å². The molecule has 1 aliphatic heterocycles. The van der Waals surface area contributed by atoms with Gasteiger partial charge in [-0.25, -0.2) is 4.98 Å². The summed E-state index contributed by atoms with van der Waals surface area (Å²) < 4.78 is 7.70. The number of carbonyl (C=O) groups is 1. The molecule has 2 heterocycles. The quantitative estimate of drug-likeness (QED) is 0.751. The molecule has 3 rings (SSSR count). The van der Waals surface area contributed by atoms with E-state index in [1.165, 1.54) is 0 Å². The average molecular weight is 370 g/mol. The minimum absolute atomic E-state index is 0.126. The highest BCUT2D eigenvalue weighted by atomic mass is 16.5. The van der Waals surface area contributed by atoms with Gasteiger partial charge in [0.2, 0.25) is 0 Å². The summed E-state index contributed by atoms with van der Waals surface area (Å²) in [5.41, 5.74) is 1.83. The van der Waals surface area contributed by atoms with Gasteiger partial charge in [0.25, 0.3) is 5.91 Å². The van der Waals surface area contributed by atoms with Gasteiger partial charge < -0.3 is 14.2 Å². The number of nitrogens with zero attached hydrogens (tertiary/aromatic N) is 4. The second-order valence-electron chi connectivity index (χ2n) is 7.31. The molecule has 0 aliphatic carbocycles. The van der Waals surface area contributed by atoms with Crippen molar-refractivity contribution in [2.24, 2.45) is 0 Å². The van der Waals surface area contributed by atoms with Crippen molar-refractivity contribution in [3.05, 3.63) is 53.6 Å². The largest absolute Gasteiger partial charge is 0.377 e. The number of amides is 1. The van der Waals surface area contributed by atoms with Crippen LogP contribution in [0.5, 0.6) is 0 Å². The normalized spacial score (nSPS) is 15.5. The summed E-state index contributed by atoms with van der Waals surface area (Å²) >= 11 is 0. The summed E-state index contributed by atoms with van der Waals surface area (Å²) in [5.74, 6) is 1.08. The molecule has 0 atom stereocenters. The highest BCUT2D eigenvalue weighted by molar-refractivity contribution is 5.95. The number of aryl methyl sites for hydroxylation is 1. The number of hydrogen-bond donors (Lipinski definition) is 0. The standard InChI is InChI=1S/C21H30N4O2/c1-17(2)27-15-14-23-10-12-24(13-11-23)21(26)20-7-5-4-6-19(20)16-25-9-8-22-18(25)3/h4-9,17H,10-16H2,1-3H3. The number of piperazine rings is 1. The molecule has 6 nitrogen and oxygen atoms in total. The predicted octanol–water partition coefficient (Wildman–Crippen LogP) is 2.42. The van der Waals surface area contributed by atoms with E-state index in [0.29, 0.717) is 6.54 Å². The smallest absolute Gasteiger partial charge is 0.254 e. The summed E-state index contributed by atoms with van der Waals surface area (Å²) in [6.07, 6.45) is 4.01. The molecule has 1 fully saturated rings. The zero-order chi connectivity index (χ0) is 19.2. The number of aromatic nitrogens is 2. The van der Waals surface area contributed by atoms with Crippen LogP contribution in [-0.4, -0.2) is 70.7 Å². The van der Waals surface area contributed by atoms with E-state index in [1.807, 2.05) is 42.3 Å². The van der Waals surface area contributed by atoms with E-state index in [0.717, 1.165) is 56.3 Å². The minimum atomic E-state index is 0.126. The summed E-state index contributed by atoms with van der Waals surface area (Å²) in [5, 5.41) is 0. The Morgan fingerprint density at radius 1 is 1.19 bits per heavy atom. The van der Waals surface area contributed by atoms with E-state index in [-0.39, 0.29) is 12.0 Å². The van der Waals surface area contributed by atoms with Crippen molar-refractivity contribution in [2.75, 3.05) is 39.3 Å². The van der Waals surface area contributed by atoms with Crippen LogP contribution in [0, 0.1) is 6.92 Å². The maximum absolute atomic E-state index is 13.1. The van der Waals surface area contributed by atoms with Gasteiger partial charge >= 0.3 is 0 Å². The first-order valence-corrected chi connectivity index (χ1v) is 9.73. The van der Waals surface area contributed by atoms with Crippen LogP contribution in [-0.2, 0) is 11.3 Å². The Hall–Kier alpha value is -2.18. The van der Waals surface area contributed by atoms with Gasteiger partial charge in [0.15, 0.2) is 0 Å². The first-order valence-electron chi connectivity index (χ1n) is 9.73. The molecular formula is C21H30N4O2. The molecule has 6 heteroatoms. The second kappa shape index (κ2) is 9.15. The van der Waals surface area contributed by atoms with Crippen LogP contribution in [0.15, 0.2) is 36.7 Å². The minimum Gasteiger partial charge on any atom is -0.377 e. The topological polar surface area (TPSA) is 50.6 Å². The zero-order valence-electron chi connectivity index (χ0n) is 16.6. The van der Waals surface area contributed by atoms with Crippen LogP contribution in [0.25, 0.3) is 0 Å². The molecule has 1 aromatic heterocycles. The lowest BCUT2D eigenvalue weighted by Crippen LogP contribution is -2.49. The maximum Gasteiger partial charge on any atom is 0.254 e. The molecule has 0 N–H and O–H groups in total. The van der Waals surface area contributed by atoms with E-state index in [2.05, 4.69) is 28.3 Å². The number of benzene rings is 1. The molecule has 0 saturated carbocycles. The lowest BCUT2D eigenvalue weighted by atomic mass is 10.1. The molecule has 1 aromatic carbocycles. The van der Waals surface area contributed by atoms with E-state index >= 15 is 0 Å². The predicted molar refractivity (Wildman–Crippen MR) is 106 cm³/mol. The molecule has 2 aromatic rings. The highest BCUT2D eigenvalue weighted by Gasteiger charge is 2.23. The average Bonchev–Trinajstić information content (AvgIpc) is 3.07. The Balaban J connectivity index is 1.60. The Bertz CT molecular complexity index is 748. The van der Waals surface area contributed by atoms with E-state index < -0.39 is 0 Å². The second-order valence-corrected chi connectivity index (χ2v) is 7.31. The Morgan fingerprint density at radius 3 is 2.59 bits per heavy atom. The summed E-state index contributed by atoms with van der Waals surface area (Å²) in [4.78, 5) is 21.7. The lowest BCUT2D eigenvalue weighted by Gasteiger charge is -2.35. The van der Waals surface area contributed by atoms with Crippen molar-refractivity contribution in [1.29, 1.82) is 0 Å². The van der Waals surface area contributed by atoms with Gasteiger partial charge in [0, 0.05) is 57.2 Å². The van der Waals surface area contributed by atoms with E-state index in [9.17, 15) is 4.79 Å². The third-order valence-electron chi connectivity index (χ3n) is 5.03. The number of hydrogen-bond acceptors (Lipinski definition) is 4. The molecule has 0 radical (unpaired) electrons. The van der Waals surface area contributed by atoms with Crippen molar-refractivity contribution >= 4 is 5.91 Å². The van der Waals surface area contributed by atoms with Gasteiger partial charge in [-0.05, 0) is 32.4 Å². The zero-order valence-corrected chi connectivity index (χ0v) is 16.6. The summed E-state index contributed by atoms with van der Waals surface area (Å²) in [6, 6.07) is 7.90. The molecular weight excluding hydrogens is 340 g/mol. The molecule has 1 saturated heterocycles. The lowest BCUT2D eigenvalue weighted by molar-refractivity contribution is 0.0406. The molecule has 0 spiro atoms. The number of rotatable bonds is 7. The van der Waals surface area contributed by atoms with Gasteiger partial charge in [-0.3, -0.25) is 9.69 Å². The van der Waals surface area contributed by atoms with Crippen LogP contribution in [0.2, 0.25) is 0 Å². The third kappa shape index (κ3) is 5.17. The molecule has 0 unspecified atom stereocenters. The van der Waals surface area contributed by atoms with Crippen molar-refractivity contribution < 1.29 is 9.53 Å². The monoisotopic (exact) mass is 370 g/mol.